The number of nitrogens with zero attached hydrogens (tertiary/aromatic N) is 1. The van der Waals surface area contributed by atoms with Gasteiger partial charge in [0.15, 0.2) is 0 Å². The van der Waals surface area contributed by atoms with Gasteiger partial charge < -0.3 is 4.42 Å². The molecule has 0 amide bonds. The number of ketones is 1. The molecule has 1 saturated carbocycles. The predicted molar refractivity (Wildman–Crippen MR) is 54.5 cm³/mol. The smallest absolute Gasteiger partial charge is 0.256 e. The van der Waals surface area contributed by atoms with Crippen molar-refractivity contribution in [3.63, 3.8) is 0 Å². The zero-order valence-corrected chi connectivity index (χ0v) is 9.19. The molecule has 4 heteroatoms. The normalized spacial score (nSPS) is 21.9. The molecule has 1 aromatic heterocycles. The molecule has 14 heavy (non-hydrogen) atoms. The Morgan fingerprint density at radius 3 is 2.79 bits per heavy atom. The Morgan fingerprint density at radius 2 is 2.29 bits per heavy atom. The molecule has 0 aromatic carbocycles. The standard InChI is InChI=1S/C10H13NO2S/c1-6-7(2)13-10(11-6)14-9-5-3-4-8(9)12/h9H,3-5H2,1-2H3. The monoisotopic (exact) mass is 211 g/mol. The van der Waals surface area contributed by atoms with E-state index in [-0.39, 0.29) is 5.25 Å². The van der Waals surface area contributed by atoms with E-state index in [0.717, 1.165) is 30.7 Å². The van der Waals surface area contributed by atoms with Gasteiger partial charge in [-0.15, -0.1) is 0 Å². The van der Waals surface area contributed by atoms with Gasteiger partial charge in [0, 0.05) is 6.42 Å². The quantitative estimate of drug-likeness (QED) is 0.753. The lowest BCUT2D eigenvalue weighted by Gasteiger charge is -2.01. The second-order valence-corrected chi connectivity index (χ2v) is 4.74. The van der Waals surface area contributed by atoms with Crippen LogP contribution in [-0.2, 0) is 4.79 Å². The van der Waals surface area contributed by atoms with Crippen molar-refractivity contribution >= 4 is 17.5 Å². The maximum absolute atomic E-state index is 11.4. The summed E-state index contributed by atoms with van der Waals surface area (Å²) in [6.07, 6.45) is 2.69. The highest BCUT2D eigenvalue weighted by atomic mass is 32.2. The van der Waals surface area contributed by atoms with Crippen LogP contribution in [0.2, 0.25) is 0 Å². The van der Waals surface area contributed by atoms with Gasteiger partial charge in [-0.1, -0.05) is 11.8 Å². The molecule has 0 bridgehead atoms. The summed E-state index contributed by atoms with van der Waals surface area (Å²) in [4.78, 5) is 15.6. The first kappa shape index (κ1) is 9.77. The van der Waals surface area contributed by atoms with Crippen molar-refractivity contribution in [2.24, 2.45) is 0 Å². The van der Waals surface area contributed by atoms with Crippen LogP contribution in [-0.4, -0.2) is 16.0 Å². The first-order chi connectivity index (χ1) is 6.66. The van der Waals surface area contributed by atoms with E-state index >= 15 is 0 Å². The predicted octanol–water partition coefficient (Wildman–Crippen LogP) is 2.51. The molecule has 1 aliphatic rings. The molecular formula is C10H13NO2S. The van der Waals surface area contributed by atoms with Crippen molar-refractivity contribution in [1.29, 1.82) is 0 Å². The molecule has 3 nitrogen and oxygen atoms in total. The van der Waals surface area contributed by atoms with Crippen LogP contribution >= 0.6 is 11.8 Å². The maximum atomic E-state index is 11.4. The van der Waals surface area contributed by atoms with Gasteiger partial charge in [0.2, 0.25) is 0 Å². The lowest BCUT2D eigenvalue weighted by molar-refractivity contribution is -0.116. The summed E-state index contributed by atoms with van der Waals surface area (Å²) in [7, 11) is 0. The first-order valence-corrected chi connectivity index (χ1v) is 5.68. The zero-order valence-electron chi connectivity index (χ0n) is 8.37. The molecule has 76 valence electrons. The molecule has 0 spiro atoms. The molecular weight excluding hydrogens is 198 g/mol. The van der Waals surface area contributed by atoms with Crippen LogP contribution in [0.25, 0.3) is 0 Å². The van der Waals surface area contributed by atoms with Crippen molar-refractivity contribution in [3.8, 4) is 0 Å². The van der Waals surface area contributed by atoms with E-state index in [4.69, 9.17) is 4.42 Å². The Morgan fingerprint density at radius 1 is 1.50 bits per heavy atom. The third-order valence-electron chi connectivity index (χ3n) is 2.50. The Labute approximate surface area is 87.3 Å². The molecule has 0 aliphatic heterocycles. The minimum Gasteiger partial charge on any atom is -0.437 e. The molecule has 1 fully saturated rings. The van der Waals surface area contributed by atoms with Crippen molar-refractivity contribution in [2.75, 3.05) is 0 Å². The van der Waals surface area contributed by atoms with Gasteiger partial charge in [-0.2, -0.15) is 0 Å². The molecule has 1 aromatic rings. The van der Waals surface area contributed by atoms with Gasteiger partial charge in [-0.05, 0) is 26.7 Å². The summed E-state index contributed by atoms with van der Waals surface area (Å²) in [6, 6.07) is 0. The van der Waals surface area contributed by atoms with Crippen LogP contribution < -0.4 is 0 Å². The fourth-order valence-electron chi connectivity index (χ4n) is 1.52. The number of oxazole rings is 1. The number of thioether (sulfide) groups is 1. The Bertz CT molecular complexity index is 340. The fourth-order valence-corrected chi connectivity index (χ4v) is 2.66. The Balaban J connectivity index is 2.07. The second-order valence-electron chi connectivity index (χ2n) is 3.59. The third kappa shape index (κ3) is 1.85. The lowest BCUT2D eigenvalue weighted by Crippen LogP contribution is -2.07. The summed E-state index contributed by atoms with van der Waals surface area (Å²) < 4.78 is 5.42. The largest absolute Gasteiger partial charge is 0.437 e. The first-order valence-electron chi connectivity index (χ1n) is 4.80. The summed E-state index contributed by atoms with van der Waals surface area (Å²) in [5.74, 6) is 1.18. The van der Waals surface area contributed by atoms with Gasteiger partial charge in [-0.3, -0.25) is 4.79 Å². The summed E-state index contributed by atoms with van der Waals surface area (Å²) in [5.41, 5.74) is 0.915. The van der Waals surface area contributed by atoms with Gasteiger partial charge in [0.05, 0.1) is 10.9 Å². The average molecular weight is 211 g/mol. The van der Waals surface area contributed by atoms with Crippen LogP contribution in [0, 0.1) is 13.8 Å². The summed E-state index contributed by atoms with van der Waals surface area (Å²) >= 11 is 1.47. The summed E-state index contributed by atoms with van der Waals surface area (Å²) in [6.45, 7) is 3.81. The average Bonchev–Trinajstić information content (AvgIpc) is 2.63. The van der Waals surface area contributed by atoms with Crippen molar-refractivity contribution in [2.45, 2.75) is 43.6 Å². The fraction of sp³-hybridized carbons (Fsp3) is 0.600. The molecule has 2 rings (SSSR count). The molecule has 1 heterocycles. The van der Waals surface area contributed by atoms with E-state index in [2.05, 4.69) is 4.98 Å². The topological polar surface area (TPSA) is 43.1 Å². The highest BCUT2D eigenvalue weighted by Crippen LogP contribution is 2.32. The third-order valence-corrected chi connectivity index (χ3v) is 3.66. The molecule has 0 saturated heterocycles. The van der Waals surface area contributed by atoms with Gasteiger partial charge >= 0.3 is 0 Å². The van der Waals surface area contributed by atoms with E-state index in [0.29, 0.717) is 11.0 Å². The van der Waals surface area contributed by atoms with Crippen LogP contribution in [0.5, 0.6) is 0 Å². The number of aryl methyl sites for hydroxylation is 2. The number of carbonyl (C=O) groups excluding carboxylic acids is 1. The number of carbonyl (C=O) groups is 1. The number of hydrogen-bond donors (Lipinski definition) is 0. The van der Waals surface area contributed by atoms with Crippen LogP contribution in [0.3, 0.4) is 0 Å². The van der Waals surface area contributed by atoms with Gasteiger partial charge in [0.25, 0.3) is 5.22 Å². The highest BCUT2D eigenvalue weighted by Gasteiger charge is 2.27. The molecule has 1 unspecified atom stereocenters. The van der Waals surface area contributed by atoms with E-state index in [1.807, 2.05) is 13.8 Å². The molecule has 1 atom stereocenters. The van der Waals surface area contributed by atoms with Crippen molar-refractivity contribution in [1.82, 2.24) is 4.98 Å². The number of Topliss-reactive ketones (excluding diaryl/α,β-unsaturated/α-hetero) is 1. The van der Waals surface area contributed by atoms with Crippen molar-refractivity contribution < 1.29 is 9.21 Å². The Hall–Kier alpha value is -0.770. The Kier molecular flexibility index (Phi) is 2.63. The second kappa shape index (κ2) is 3.77. The van der Waals surface area contributed by atoms with E-state index < -0.39 is 0 Å². The van der Waals surface area contributed by atoms with Gasteiger partial charge in [0.1, 0.15) is 11.5 Å². The van der Waals surface area contributed by atoms with Crippen LogP contribution in [0.4, 0.5) is 0 Å². The van der Waals surface area contributed by atoms with Gasteiger partial charge in [-0.25, -0.2) is 4.98 Å². The van der Waals surface area contributed by atoms with E-state index in [1.165, 1.54) is 11.8 Å². The van der Waals surface area contributed by atoms with Crippen LogP contribution in [0.1, 0.15) is 30.7 Å². The number of aromatic nitrogens is 1. The molecule has 1 aliphatic carbocycles. The lowest BCUT2D eigenvalue weighted by atomic mass is 10.3. The van der Waals surface area contributed by atoms with Crippen LogP contribution in [0.15, 0.2) is 9.64 Å². The number of rotatable bonds is 2. The van der Waals surface area contributed by atoms with Crippen molar-refractivity contribution in [3.05, 3.63) is 11.5 Å². The minimum absolute atomic E-state index is 0.0763. The van der Waals surface area contributed by atoms with E-state index in [9.17, 15) is 4.79 Å². The van der Waals surface area contributed by atoms with E-state index in [1.54, 1.807) is 0 Å². The SMILES string of the molecule is Cc1nc(SC2CCCC2=O)oc1C. The summed E-state index contributed by atoms with van der Waals surface area (Å²) in [5, 5.41) is 0.715. The number of hydrogen-bond acceptors (Lipinski definition) is 4. The highest BCUT2D eigenvalue weighted by molar-refractivity contribution is 8.00. The maximum Gasteiger partial charge on any atom is 0.256 e. The molecule has 0 N–H and O–H groups in total. The minimum atomic E-state index is 0.0763. The zero-order chi connectivity index (χ0) is 10.1. The molecule has 0 radical (unpaired) electrons.